The quantitative estimate of drug-likeness (QED) is 0.444. The first-order valence-corrected chi connectivity index (χ1v) is 5.89. The highest BCUT2D eigenvalue weighted by Crippen LogP contribution is 2.54. The van der Waals surface area contributed by atoms with Crippen LogP contribution in [0.5, 0.6) is 0 Å². The Labute approximate surface area is 101 Å². The number of allylic oxidation sites excluding steroid dienone is 1. The molecule has 2 unspecified atom stereocenters. The van der Waals surface area contributed by atoms with E-state index in [1.54, 1.807) is 0 Å². The lowest BCUT2D eigenvalue weighted by atomic mass is 9.78. The molecule has 0 radical (unpaired) electrons. The molecule has 1 saturated carbocycles. The van der Waals surface area contributed by atoms with Gasteiger partial charge in [0.1, 0.15) is 0 Å². The van der Waals surface area contributed by atoms with E-state index in [9.17, 15) is 9.59 Å². The van der Waals surface area contributed by atoms with Crippen LogP contribution < -0.4 is 5.73 Å². The van der Waals surface area contributed by atoms with E-state index < -0.39 is 11.4 Å². The molecule has 1 fully saturated rings. The number of carbonyl (C=O) groups excluding carboxylic acids is 2. The van der Waals surface area contributed by atoms with Crippen molar-refractivity contribution in [3.63, 3.8) is 0 Å². The molecule has 0 spiro atoms. The van der Waals surface area contributed by atoms with Crippen LogP contribution in [0.4, 0.5) is 0 Å². The van der Waals surface area contributed by atoms with Gasteiger partial charge in [0.2, 0.25) is 5.91 Å². The molecule has 4 nitrogen and oxygen atoms in total. The van der Waals surface area contributed by atoms with Crippen LogP contribution in [-0.2, 0) is 14.3 Å². The molecule has 0 aromatic heterocycles. The van der Waals surface area contributed by atoms with Crippen molar-refractivity contribution in [3.8, 4) is 0 Å². The summed E-state index contributed by atoms with van der Waals surface area (Å²) in [6, 6.07) is 0. The summed E-state index contributed by atoms with van der Waals surface area (Å²) in [5.41, 5.74) is 6.12. The fourth-order valence-corrected chi connectivity index (χ4v) is 2.99. The van der Waals surface area contributed by atoms with Crippen molar-refractivity contribution in [1.29, 1.82) is 0 Å². The summed E-state index contributed by atoms with van der Waals surface area (Å²) in [5.74, 6) is -0.187. The first kappa shape index (κ1) is 11.9. The van der Waals surface area contributed by atoms with Crippen LogP contribution in [-0.4, -0.2) is 18.5 Å². The lowest BCUT2D eigenvalue weighted by molar-refractivity contribution is -0.137. The number of hydrogen-bond donors (Lipinski definition) is 1. The minimum Gasteiger partial charge on any atom is -0.462 e. The first-order chi connectivity index (χ1) is 8.08. The Hall–Kier alpha value is -1.58. The molecule has 2 aliphatic carbocycles. The van der Waals surface area contributed by atoms with Gasteiger partial charge in [0.05, 0.1) is 12.0 Å². The maximum Gasteiger partial charge on any atom is 0.330 e. The number of rotatable bonds is 5. The highest BCUT2D eigenvalue weighted by atomic mass is 16.5. The van der Waals surface area contributed by atoms with E-state index in [1.165, 1.54) is 0 Å². The van der Waals surface area contributed by atoms with Crippen molar-refractivity contribution in [2.75, 3.05) is 6.61 Å². The van der Waals surface area contributed by atoms with E-state index >= 15 is 0 Å². The first-order valence-electron chi connectivity index (χ1n) is 5.89. The number of ether oxygens (including phenoxy) is 1. The van der Waals surface area contributed by atoms with Gasteiger partial charge in [-0.05, 0) is 25.2 Å². The van der Waals surface area contributed by atoms with Gasteiger partial charge in [-0.2, -0.15) is 0 Å². The van der Waals surface area contributed by atoms with Gasteiger partial charge >= 0.3 is 5.97 Å². The molecule has 2 rings (SSSR count). The van der Waals surface area contributed by atoms with Gasteiger partial charge in [0.15, 0.2) is 0 Å². The van der Waals surface area contributed by atoms with Crippen LogP contribution in [0.3, 0.4) is 0 Å². The molecule has 0 heterocycles. The zero-order valence-electron chi connectivity index (χ0n) is 9.78. The molecular weight excluding hydrogens is 218 g/mol. The van der Waals surface area contributed by atoms with Crippen LogP contribution in [0.15, 0.2) is 24.3 Å². The summed E-state index contributed by atoms with van der Waals surface area (Å²) >= 11 is 0. The molecule has 1 amide bonds. The van der Waals surface area contributed by atoms with E-state index in [0.717, 1.165) is 30.9 Å². The largest absolute Gasteiger partial charge is 0.462 e. The second-order valence-corrected chi connectivity index (χ2v) is 4.76. The fourth-order valence-electron chi connectivity index (χ4n) is 2.99. The van der Waals surface area contributed by atoms with Crippen molar-refractivity contribution in [1.82, 2.24) is 0 Å². The Morgan fingerprint density at radius 2 is 2.41 bits per heavy atom. The predicted molar refractivity (Wildman–Crippen MR) is 62.8 cm³/mol. The lowest BCUT2D eigenvalue weighted by Gasteiger charge is -2.26. The lowest BCUT2D eigenvalue weighted by Crippen LogP contribution is -2.35. The number of hydrogen-bond acceptors (Lipinski definition) is 3. The zero-order chi connectivity index (χ0) is 12.5. The maximum absolute atomic E-state index is 11.6. The summed E-state index contributed by atoms with van der Waals surface area (Å²) in [5, 5.41) is 0. The summed E-state index contributed by atoms with van der Waals surface area (Å²) in [7, 11) is 0. The number of esters is 1. The number of fused-ring (bicyclic) bond motifs is 2. The number of nitrogens with two attached hydrogens (primary N) is 1. The van der Waals surface area contributed by atoms with Gasteiger partial charge in [0.25, 0.3) is 0 Å². The van der Waals surface area contributed by atoms with Gasteiger partial charge in [-0.25, -0.2) is 4.79 Å². The van der Waals surface area contributed by atoms with Gasteiger partial charge in [-0.15, -0.1) is 0 Å². The Morgan fingerprint density at radius 1 is 1.65 bits per heavy atom. The number of carbonyl (C=O) groups is 2. The molecule has 0 aromatic carbocycles. The third kappa shape index (κ3) is 1.99. The topological polar surface area (TPSA) is 69.4 Å². The second-order valence-electron chi connectivity index (χ2n) is 4.76. The Morgan fingerprint density at radius 3 is 3.00 bits per heavy atom. The fraction of sp³-hybridized carbons (Fsp3) is 0.538. The summed E-state index contributed by atoms with van der Waals surface area (Å²) in [4.78, 5) is 22.5. The van der Waals surface area contributed by atoms with Gasteiger partial charge in [-0.1, -0.05) is 18.2 Å². The van der Waals surface area contributed by atoms with Crippen LogP contribution in [0.1, 0.15) is 25.7 Å². The molecule has 0 aromatic rings. The Bertz CT molecular complexity index is 399. The molecule has 0 aliphatic heterocycles. The standard InChI is InChI=1S/C13H17NO3/c1-2-11(15)17-6-4-10-7-9-3-5-13(10,8-9)12(14)16/h2,7,9H,1,3-6,8H2,(H2,14,16). The van der Waals surface area contributed by atoms with Crippen molar-refractivity contribution in [3.05, 3.63) is 24.3 Å². The number of amides is 1. The summed E-state index contributed by atoms with van der Waals surface area (Å²) < 4.78 is 4.94. The monoisotopic (exact) mass is 235 g/mol. The minimum absolute atomic E-state index is 0.237. The van der Waals surface area contributed by atoms with Crippen molar-refractivity contribution in [2.45, 2.75) is 25.7 Å². The third-order valence-electron chi connectivity index (χ3n) is 3.86. The summed E-state index contributed by atoms with van der Waals surface area (Å²) in [6.45, 7) is 3.62. The molecule has 2 aliphatic rings. The highest BCUT2D eigenvalue weighted by molar-refractivity contribution is 5.85. The second kappa shape index (κ2) is 4.35. The molecular formula is C13H17NO3. The van der Waals surface area contributed by atoms with Gasteiger partial charge in [0, 0.05) is 12.5 Å². The Balaban J connectivity index is 1.97. The molecule has 4 heteroatoms. The third-order valence-corrected chi connectivity index (χ3v) is 3.86. The maximum atomic E-state index is 11.6. The van der Waals surface area contributed by atoms with Crippen molar-refractivity contribution >= 4 is 11.9 Å². The van der Waals surface area contributed by atoms with E-state index in [1.807, 2.05) is 0 Å². The molecule has 2 atom stereocenters. The van der Waals surface area contributed by atoms with E-state index in [4.69, 9.17) is 10.5 Å². The zero-order valence-corrected chi connectivity index (χ0v) is 9.78. The highest BCUT2D eigenvalue weighted by Gasteiger charge is 2.50. The van der Waals surface area contributed by atoms with Crippen LogP contribution >= 0.6 is 0 Å². The summed E-state index contributed by atoms with van der Waals surface area (Å²) in [6.07, 6.45) is 6.59. The van der Waals surface area contributed by atoms with Crippen molar-refractivity contribution < 1.29 is 14.3 Å². The van der Waals surface area contributed by atoms with Gasteiger partial charge in [-0.3, -0.25) is 4.79 Å². The van der Waals surface area contributed by atoms with Crippen LogP contribution in [0.2, 0.25) is 0 Å². The average Bonchev–Trinajstić information content (AvgIpc) is 2.87. The molecule has 92 valence electrons. The molecule has 0 saturated heterocycles. The van der Waals surface area contributed by atoms with Gasteiger partial charge < -0.3 is 10.5 Å². The predicted octanol–water partition coefficient (Wildman–Crippen LogP) is 1.32. The van der Waals surface area contributed by atoms with E-state index in [2.05, 4.69) is 12.7 Å². The average molecular weight is 235 g/mol. The van der Waals surface area contributed by atoms with E-state index in [0.29, 0.717) is 18.9 Å². The van der Waals surface area contributed by atoms with Crippen LogP contribution in [0.25, 0.3) is 0 Å². The minimum atomic E-state index is -0.453. The molecule has 2 N–H and O–H groups in total. The van der Waals surface area contributed by atoms with Crippen molar-refractivity contribution in [2.24, 2.45) is 17.1 Å². The normalized spacial score (nSPS) is 29.9. The number of primary amides is 1. The smallest absolute Gasteiger partial charge is 0.330 e. The molecule has 2 bridgehead atoms. The van der Waals surface area contributed by atoms with Crippen LogP contribution in [0, 0.1) is 11.3 Å². The SMILES string of the molecule is C=CC(=O)OCCC1=CC2CCC1(C(N)=O)C2. The van der Waals surface area contributed by atoms with E-state index in [-0.39, 0.29) is 5.91 Å². The Kier molecular flexibility index (Phi) is 3.05. The molecule has 17 heavy (non-hydrogen) atoms.